The summed E-state index contributed by atoms with van der Waals surface area (Å²) in [4.78, 5) is 2.40. The molecule has 2 aliphatic heterocycles. The monoisotopic (exact) mass is 344 g/mol. The molecule has 21 heavy (non-hydrogen) atoms. The molecule has 1 saturated heterocycles. The summed E-state index contributed by atoms with van der Waals surface area (Å²) in [5, 5.41) is 0. The van der Waals surface area contributed by atoms with Gasteiger partial charge in [-0.3, -0.25) is 0 Å². The maximum atomic E-state index is 6.47. The van der Waals surface area contributed by atoms with E-state index in [-0.39, 0.29) is 12.1 Å². The number of fused-ring (bicyclic) bond motifs is 5. The second kappa shape index (κ2) is 5.04. The number of piperidine rings is 1. The van der Waals surface area contributed by atoms with E-state index in [0.29, 0.717) is 0 Å². The standard InChI is InChI=1S/C17H17BrN2O/c18-12-6-3-9-15-17(12)20-10-4-7-13(19)16(20)11-5-1-2-8-14(11)21-15/h1-3,5-6,8-9,13,16H,4,7,10,19H2/t13-,16+/m1/s1. The first kappa shape index (κ1) is 13.2. The van der Waals surface area contributed by atoms with Gasteiger partial charge in [0.05, 0.1) is 11.7 Å². The first-order valence-electron chi connectivity index (χ1n) is 7.33. The minimum atomic E-state index is 0.126. The molecule has 4 rings (SSSR count). The Kier molecular flexibility index (Phi) is 3.16. The molecule has 4 heteroatoms. The lowest BCUT2D eigenvalue weighted by Crippen LogP contribution is -2.45. The van der Waals surface area contributed by atoms with Gasteiger partial charge in [0.15, 0.2) is 5.75 Å². The third kappa shape index (κ3) is 2.05. The Labute approximate surface area is 132 Å². The summed E-state index contributed by atoms with van der Waals surface area (Å²) in [7, 11) is 0. The molecule has 1 fully saturated rings. The summed E-state index contributed by atoms with van der Waals surface area (Å²) in [6.45, 7) is 1.01. The molecule has 0 spiro atoms. The van der Waals surface area contributed by atoms with Crippen LogP contribution in [0.1, 0.15) is 24.4 Å². The number of nitrogens with two attached hydrogens (primary N) is 1. The predicted octanol–water partition coefficient (Wildman–Crippen LogP) is 4.22. The summed E-state index contributed by atoms with van der Waals surface area (Å²) in [5.74, 6) is 1.81. The van der Waals surface area contributed by atoms with Gasteiger partial charge >= 0.3 is 0 Å². The van der Waals surface area contributed by atoms with E-state index in [1.807, 2.05) is 24.3 Å². The lowest BCUT2D eigenvalue weighted by Gasteiger charge is -2.41. The second-order valence-electron chi connectivity index (χ2n) is 5.67. The zero-order valence-electron chi connectivity index (χ0n) is 11.6. The summed E-state index contributed by atoms with van der Waals surface area (Å²) < 4.78 is 7.26. The van der Waals surface area contributed by atoms with Gasteiger partial charge in [0, 0.05) is 22.6 Å². The van der Waals surface area contributed by atoms with E-state index in [2.05, 4.69) is 39.0 Å². The lowest BCUT2D eigenvalue weighted by molar-refractivity contribution is 0.408. The zero-order valence-corrected chi connectivity index (χ0v) is 13.2. The number of hydrogen-bond acceptors (Lipinski definition) is 3. The smallest absolute Gasteiger partial charge is 0.151 e. The Hall–Kier alpha value is -1.52. The highest BCUT2D eigenvalue weighted by atomic mass is 79.9. The van der Waals surface area contributed by atoms with Crippen molar-refractivity contribution in [2.24, 2.45) is 5.73 Å². The number of ether oxygens (including phenoxy) is 1. The van der Waals surface area contributed by atoms with Crippen molar-refractivity contribution in [1.29, 1.82) is 0 Å². The number of benzene rings is 2. The first-order chi connectivity index (χ1) is 10.3. The Morgan fingerprint density at radius 2 is 1.90 bits per heavy atom. The summed E-state index contributed by atoms with van der Waals surface area (Å²) >= 11 is 3.68. The van der Waals surface area contributed by atoms with Crippen LogP contribution >= 0.6 is 15.9 Å². The normalized spacial score (nSPS) is 23.4. The van der Waals surface area contributed by atoms with Crippen LogP contribution in [0.5, 0.6) is 11.5 Å². The zero-order chi connectivity index (χ0) is 14.4. The third-order valence-corrected chi connectivity index (χ3v) is 5.01. The van der Waals surface area contributed by atoms with Crippen LogP contribution in [0.15, 0.2) is 46.9 Å². The average molecular weight is 345 g/mol. The minimum absolute atomic E-state index is 0.126. The molecule has 2 aliphatic rings. The van der Waals surface area contributed by atoms with Gasteiger partial charge in [-0.1, -0.05) is 24.3 Å². The van der Waals surface area contributed by atoms with Crippen LogP contribution in [-0.2, 0) is 0 Å². The van der Waals surface area contributed by atoms with Gasteiger partial charge in [-0.2, -0.15) is 0 Å². The molecule has 0 saturated carbocycles. The van der Waals surface area contributed by atoms with E-state index in [9.17, 15) is 0 Å². The van der Waals surface area contributed by atoms with Gasteiger partial charge in [0.25, 0.3) is 0 Å². The van der Waals surface area contributed by atoms with Crippen LogP contribution in [0.2, 0.25) is 0 Å². The second-order valence-corrected chi connectivity index (χ2v) is 6.53. The van der Waals surface area contributed by atoms with Crippen molar-refractivity contribution >= 4 is 21.6 Å². The highest BCUT2D eigenvalue weighted by Gasteiger charge is 2.36. The minimum Gasteiger partial charge on any atom is -0.455 e. The fourth-order valence-corrected chi connectivity index (χ4v) is 4.04. The van der Waals surface area contributed by atoms with Crippen LogP contribution in [0, 0.1) is 0 Å². The van der Waals surface area contributed by atoms with E-state index in [1.54, 1.807) is 0 Å². The Morgan fingerprint density at radius 1 is 1.10 bits per heavy atom. The molecule has 0 aliphatic carbocycles. The Bertz CT molecular complexity index is 688. The average Bonchev–Trinajstić information content (AvgIpc) is 2.63. The summed E-state index contributed by atoms with van der Waals surface area (Å²) in [6, 6.07) is 14.7. The third-order valence-electron chi connectivity index (χ3n) is 4.37. The van der Waals surface area contributed by atoms with Crippen LogP contribution in [0.3, 0.4) is 0 Å². The van der Waals surface area contributed by atoms with Gasteiger partial charge in [-0.25, -0.2) is 0 Å². The maximum Gasteiger partial charge on any atom is 0.151 e. The molecule has 2 heterocycles. The number of hydrogen-bond donors (Lipinski definition) is 1. The van der Waals surface area contributed by atoms with Gasteiger partial charge < -0.3 is 15.4 Å². The van der Waals surface area contributed by atoms with Crippen LogP contribution in [-0.4, -0.2) is 12.6 Å². The van der Waals surface area contributed by atoms with Crippen molar-refractivity contribution in [3.63, 3.8) is 0 Å². The molecule has 108 valence electrons. The van der Waals surface area contributed by atoms with Crippen molar-refractivity contribution in [1.82, 2.24) is 0 Å². The molecule has 0 bridgehead atoms. The molecule has 2 N–H and O–H groups in total. The molecule has 2 aromatic rings. The highest BCUT2D eigenvalue weighted by Crippen LogP contribution is 2.49. The largest absolute Gasteiger partial charge is 0.455 e. The molecule has 2 atom stereocenters. The van der Waals surface area contributed by atoms with Crippen molar-refractivity contribution < 1.29 is 4.74 Å². The SMILES string of the molecule is N[C@@H]1CCCN2c3c(Br)cccc3Oc3ccccc3[C@@H]12. The number of halogens is 1. The first-order valence-corrected chi connectivity index (χ1v) is 8.12. The molecule has 0 amide bonds. The molecule has 0 aromatic heterocycles. The Balaban J connectivity index is 1.97. The fraction of sp³-hybridized carbons (Fsp3) is 0.294. The molecule has 2 aromatic carbocycles. The van der Waals surface area contributed by atoms with Crippen molar-refractivity contribution in [3.8, 4) is 11.5 Å². The number of rotatable bonds is 0. The van der Waals surface area contributed by atoms with E-state index in [1.165, 1.54) is 5.56 Å². The lowest BCUT2D eigenvalue weighted by atomic mass is 9.90. The van der Waals surface area contributed by atoms with Gasteiger partial charge in [-0.05, 0) is 47.0 Å². The molecular formula is C17H17BrN2O. The quantitative estimate of drug-likeness (QED) is 0.777. The molecular weight excluding hydrogens is 328 g/mol. The van der Waals surface area contributed by atoms with Crippen LogP contribution in [0.4, 0.5) is 5.69 Å². The summed E-state index contributed by atoms with van der Waals surface area (Å²) in [5.41, 5.74) is 8.78. The van der Waals surface area contributed by atoms with E-state index >= 15 is 0 Å². The van der Waals surface area contributed by atoms with Crippen molar-refractivity contribution in [2.45, 2.75) is 24.9 Å². The summed E-state index contributed by atoms with van der Waals surface area (Å²) in [6.07, 6.45) is 2.16. The topological polar surface area (TPSA) is 38.5 Å². The highest BCUT2D eigenvalue weighted by molar-refractivity contribution is 9.10. The van der Waals surface area contributed by atoms with Gasteiger partial charge in [-0.15, -0.1) is 0 Å². The number of para-hydroxylation sites is 2. The van der Waals surface area contributed by atoms with Crippen molar-refractivity contribution in [3.05, 3.63) is 52.5 Å². The maximum absolute atomic E-state index is 6.47. The van der Waals surface area contributed by atoms with Gasteiger partial charge in [0.2, 0.25) is 0 Å². The van der Waals surface area contributed by atoms with E-state index in [4.69, 9.17) is 10.5 Å². The Morgan fingerprint density at radius 3 is 2.81 bits per heavy atom. The molecule has 3 nitrogen and oxygen atoms in total. The number of nitrogens with zero attached hydrogens (tertiary/aromatic N) is 1. The van der Waals surface area contributed by atoms with Gasteiger partial charge in [0.1, 0.15) is 5.75 Å². The molecule has 0 unspecified atom stereocenters. The van der Waals surface area contributed by atoms with E-state index < -0.39 is 0 Å². The van der Waals surface area contributed by atoms with Crippen LogP contribution in [0.25, 0.3) is 0 Å². The van der Waals surface area contributed by atoms with Crippen LogP contribution < -0.4 is 15.4 Å². The fourth-order valence-electron chi connectivity index (χ4n) is 3.47. The predicted molar refractivity (Wildman–Crippen MR) is 88.0 cm³/mol. The number of anilines is 1. The van der Waals surface area contributed by atoms with E-state index in [0.717, 1.165) is 41.0 Å². The van der Waals surface area contributed by atoms with Crippen molar-refractivity contribution in [2.75, 3.05) is 11.4 Å². The molecule has 0 radical (unpaired) electrons.